The van der Waals surface area contributed by atoms with Gasteiger partial charge >= 0.3 is 6.18 Å². The number of ether oxygens (including phenoxy) is 1. The Kier molecular flexibility index (Phi) is 9.65. The molecule has 1 aliphatic rings. The molecular formula is C25H37F5O2. The molecule has 0 amide bonds. The molecule has 184 valence electrons. The summed E-state index contributed by atoms with van der Waals surface area (Å²) in [4.78, 5) is 0. The van der Waals surface area contributed by atoms with Gasteiger partial charge in [0.2, 0.25) is 0 Å². The second kappa shape index (κ2) is 11.6. The summed E-state index contributed by atoms with van der Waals surface area (Å²) in [5, 5.41) is 9.58. The molecule has 2 atom stereocenters. The summed E-state index contributed by atoms with van der Waals surface area (Å²) >= 11 is 0. The molecule has 0 fully saturated rings. The standard InChI is InChI=1S/C25H37F5O2/c1-23(17-15-19-18-20(31)13-14-21(19)32-23)16-11-9-7-5-3-4-6-8-10-12-22(24(2,26)27)25(28,29)30/h13-14,18,22,31H,3-12,15-17H2,1-2H3. The van der Waals surface area contributed by atoms with Gasteiger partial charge in [-0.2, -0.15) is 13.2 Å². The van der Waals surface area contributed by atoms with Gasteiger partial charge in [0.15, 0.2) is 0 Å². The highest BCUT2D eigenvalue weighted by atomic mass is 19.4. The molecule has 0 aliphatic carbocycles. The molecule has 2 unspecified atom stereocenters. The highest BCUT2D eigenvalue weighted by Crippen LogP contribution is 2.41. The van der Waals surface area contributed by atoms with Crippen molar-refractivity contribution in [3.8, 4) is 11.5 Å². The molecule has 0 spiro atoms. The van der Waals surface area contributed by atoms with Crippen LogP contribution in [0.3, 0.4) is 0 Å². The third kappa shape index (κ3) is 8.78. The Bertz CT molecular complexity index is 685. The van der Waals surface area contributed by atoms with Crippen molar-refractivity contribution >= 4 is 0 Å². The topological polar surface area (TPSA) is 29.5 Å². The first-order valence-electron chi connectivity index (χ1n) is 11.9. The van der Waals surface area contributed by atoms with Crippen LogP contribution < -0.4 is 4.74 Å². The summed E-state index contributed by atoms with van der Waals surface area (Å²) in [7, 11) is 0. The molecule has 7 heteroatoms. The molecule has 32 heavy (non-hydrogen) atoms. The zero-order valence-electron chi connectivity index (χ0n) is 19.2. The first-order chi connectivity index (χ1) is 14.9. The lowest BCUT2D eigenvalue weighted by atomic mass is 9.88. The van der Waals surface area contributed by atoms with E-state index in [1.165, 1.54) is 0 Å². The summed E-state index contributed by atoms with van der Waals surface area (Å²) in [5.41, 5.74) is 0.882. The SMILES string of the molecule is CC1(CCCCCCCCCCCC(C(C)(F)F)C(F)(F)F)CCc2cc(O)ccc2O1. The minimum Gasteiger partial charge on any atom is -0.508 e. The Labute approximate surface area is 188 Å². The van der Waals surface area contributed by atoms with Crippen molar-refractivity contribution in [2.45, 2.75) is 115 Å². The van der Waals surface area contributed by atoms with Crippen molar-refractivity contribution in [3.63, 3.8) is 0 Å². The quantitative estimate of drug-likeness (QED) is 0.234. The summed E-state index contributed by atoms with van der Waals surface area (Å²) in [6.45, 7) is 2.50. The zero-order chi connectivity index (χ0) is 23.8. The van der Waals surface area contributed by atoms with Crippen molar-refractivity contribution in [3.05, 3.63) is 23.8 Å². The lowest BCUT2D eigenvalue weighted by molar-refractivity contribution is -0.237. The molecule has 0 radical (unpaired) electrons. The van der Waals surface area contributed by atoms with Crippen LogP contribution in [0, 0.1) is 5.92 Å². The number of rotatable bonds is 13. The summed E-state index contributed by atoms with van der Waals surface area (Å²) < 4.78 is 70.6. The predicted molar refractivity (Wildman–Crippen MR) is 116 cm³/mol. The molecule has 0 saturated carbocycles. The Morgan fingerprint density at radius 1 is 0.938 bits per heavy atom. The number of hydrogen-bond donors (Lipinski definition) is 1. The average molecular weight is 465 g/mol. The maximum Gasteiger partial charge on any atom is 0.397 e. The highest BCUT2D eigenvalue weighted by molar-refractivity contribution is 5.41. The number of phenols is 1. The fraction of sp³-hybridized carbons (Fsp3) is 0.760. The smallest absolute Gasteiger partial charge is 0.397 e. The molecule has 1 aromatic carbocycles. The molecule has 0 bridgehead atoms. The van der Waals surface area contributed by atoms with E-state index in [0.29, 0.717) is 13.3 Å². The Morgan fingerprint density at radius 3 is 2.06 bits per heavy atom. The molecule has 1 aliphatic heterocycles. The van der Waals surface area contributed by atoms with Crippen molar-refractivity contribution in [1.82, 2.24) is 0 Å². The van der Waals surface area contributed by atoms with Crippen molar-refractivity contribution in [2.75, 3.05) is 0 Å². The fourth-order valence-electron chi connectivity index (χ4n) is 4.54. The average Bonchev–Trinajstić information content (AvgIpc) is 2.67. The minimum absolute atomic E-state index is 0.173. The van der Waals surface area contributed by atoms with E-state index in [2.05, 4.69) is 6.92 Å². The van der Waals surface area contributed by atoms with Crippen LogP contribution in [-0.2, 0) is 6.42 Å². The molecular weight excluding hydrogens is 427 g/mol. The van der Waals surface area contributed by atoms with Crippen molar-refractivity contribution < 1.29 is 31.8 Å². The first-order valence-corrected chi connectivity index (χ1v) is 11.9. The number of hydrogen-bond acceptors (Lipinski definition) is 2. The van der Waals surface area contributed by atoms with E-state index < -0.39 is 24.4 Å². The second-order valence-electron chi connectivity index (χ2n) is 9.62. The molecule has 1 N–H and O–H groups in total. The summed E-state index contributed by atoms with van der Waals surface area (Å²) in [6.07, 6.45) is 5.36. The number of benzene rings is 1. The van der Waals surface area contributed by atoms with Gasteiger partial charge in [-0.1, -0.05) is 51.4 Å². The number of fused-ring (bicyclic) bond motifs is 1. The normalized spacial score (nSPS) is 20.0. The van der Waals surface area contributed by atoms with Crippen LogP contribution in [0.15, 0.2) is 18.2 Å². The lowest BCUT2D eigenvalue weighted by Crippen LogP contribution is -2.37. The summed E-state index contributed by atoms with van der Waals surface area (Å²) in [5.74, 6) is -5.13. The van der Waals surface area contributed by atoms with Gasteiger partial charge in [-0.15, -0.1) is 0 Å². The van der Waals surface area contributed by atoms with E-state index >= 15 is 0 Å². The van der Waals surface area contributed by atoms with Crippen LogP contribution in [0.5, 0.6) is 11.5 Å². The van der Waals surface area contributed by atoms with E-state index in [0.717, 1.165) is 75.5 Å². The van der Waals surface area contributed by atoms with Crippen LogP contribution in [0.4, 0.5) is 22.0 Å². The highest BCUT2D eigenvalue weighted by Gasteiger charge is 2.51. The van der Waals surface area contributed by atoms with Gasteiger partial charge in [-0.3, -0.25) is 0 Å². The van der Waals surface area contributed by atoms with Gasteiger partial charge in [0.25, 0.3) is 5.92 Å². The number of halogens is 5. The van der Waals surface area contributed by atoms with Crippen molar-refractivity contribution in [2.24, 2.45) is 5.92 Å². The first kappa shape index (κ1) is 26.7. The Balaban J connectivity index is 1.50. The lowest BCUT2D eigenvalue weighted by Gasteiger charge is -2.36. The Hall–Kier alpha value is -1.53. The molecule has 1 aromatic rings. The van der Waals surface area contributed by atoms with Gasteiger partial charge in [0, 0.05) is 0 Å². The van der Waals surface area contributed by atoms with Crippen molar-refractivity contribution in [1.29, 1.82) is 0 Å². The van der Waals surface area contributed by atoms with Gasteiger partial charge in [-0.25, -0.2) is 8.78 Å². The molecule has 2 nitrogen and oxygen atoms in total. The van der Waals surface area contributed by atoms with Gasteiger partial charge in [-0.05, 0) is 69.7 Å². The largest absolute Gasteiger partial charge is 0.508 e. The molecule has 1 heterocycles. The Morgan fingerprint density at radius 2 is 1.50 bits per heavy atom. The number of aryl methyl sites for hydroxylation is 1. The van der Waals surface area contributed by atoms with E-state index in [-0.39, 0.29) is 17.8 Å². The molecule has 2 rings (SSSR count). The van der Waals surface area contributed by atoms with Crippen LogP contribution in [0.25, 0.3) is 0 Å². The second-order valence-corrected chi connectivity index (χ2v) is 9.62. The monoisotopic (exact) mass is 464 g/mol. The number of aromatic hydroxyl groups is 1. The molecule has 0 saturated heterocycles. The summed E-state index contributed by atoms with van der Waals surface area (Å²) in [6, 6.07) is 5.25. The van der Waals surface area contributed by atoms with Gasteiger partial charge < -0.3 is 9.84 Å². The molecule has 0 aromatic heterocycles. The van der Waals surface area contributed by atoms with Crippen LogP contribution in [-0.4, -0.2) is 22.8 Å². The van der Waals surface area contributed by atoms with Gasteiger partial charge in [0.05, 0.1) is 0 Å². The number of unbranched alkanes of at least 4 members (excludes halogenated alkanes) is 8. The predicted octanol–water partition coefficient (Wildman–Crippen LogP) is 8.60. The van der Waals surface area contributed by atoms with E-state index in [9.17, 15) is 27.1 Å². The minimum atomic E-state index is -4.84. The van der Waals surface area contributed by atoms with Crippen LogP contribution in [0.1, 0.15) is 96.5 Å². The maximum absolute atomic E-state index is 13.1. The number of alkyl halides is 5. The van der Waals surface area contributed by atoms with Gasteiger partial charge in [0.1, 0.15) is 23.0 Å². The maximum atomic E-state index is 13.1. The third-order valence-electron chi connectivity index (χ3n) is 6.53. The van der Waals surface area contributed by atoms with E-state index in [1.807, 2.05) is 6.07 Å². The van der Waals surface area contributed by atoms with E-state index in [4.69, 9.17) is 4.74 Å². The zero-order valence-corrected chi connectivity index (χ0v) is 19.2. The fourth-order valence-corrected chi connectivity index (χ4v) is 4.54. The van der Waals surface area contributed by atoms with Crippen LogP contribution >= 0.6 is 0 Å². The van der Waals surface area contributed by atoms with E-state index in [1.54, 1.807) is 12.1 Å². The number of phenolic OH excluding ortho intramolecular Hbond substituents is 1. The third-order valence-corrected chi connectivity index (χ3v) is 6.53. The van der Waals surface area contributed by atoms with Crippen LogP contribution in [0.2, 0.25) is 0 Å².